The van der Waals surface area contributed by atoms with E-state index in [2.05, 4.69) is 10.3 Å². The van der Waals surface area contributed by atoms with E-state index in [0.717, 1.165) is 6.20 Å². The van der Waals surface area contributed by atoms with E-state index in [1.54, 1.807) is 6.07 Å². The largest absolute Gasteiger partial charge is 0.309 e. The summed E-state index contributed by atoms with van der Waals surface area (Å²) in [6, 6.07) is 4.09. The lowest BCUT2D eigenvalue weighted by atomic mass is 10.0. The van der Waals surface area contributed by atoms with Crippen LogP contribution in [0, 0.1) is 33.3 Å². The second-order valence-electron chi connectivity index (χ2n) is 4.39. The molecule has 0 saturated heterocycles. The van der Waals surface area contributed by atoms with Crippen LogP contribution in [-0.2, 0) is 9.59 Å². The van der Waals surface area contributed by atoms with Gasteiger partial charge in [-0.25, -0.2) is 4.98 Å². The maximum atomic E-state index is 11.8. The molecule has 102 valence electrons. The van der Waals surface area contributed by atoms with Crippen molar-refractivity contribution in [3.05, 3.63) is 28.4 Å². The molecule has 2 rings (SSSR count). The highest BCUT2D eigenvalue weighted by atomic mass is 16.6. The van der Waals surface area contributed by atoms with E-state index in [9.17, 15) is 19.7 Å². The van der Waals surface area contributed by atoms with Crippen molar-refractivity contribution in [1.29, 1.82) is 5.26 Å². The highest BCUT2D eigenvalue weighted by Gasteiger charge is 2.38. The molecule has 0 aliphatic heterocycles. The molecule has 8 heteroatoms. The number of amides is 1. The van der Waals surface area contributed by atoms with Gasteiger partial charge in [-0.2, -0.15) is 5.26 Å². The third-order valence-electron chi connectivity index (χ3n) is 2.87. The monoisotopic (exact) mass is 274 g/mol. The van der Waals surface area contributed by atoms with Crippen LogP contribution in [0.15, 0.2) is 18.3 Å². The third-order valence-corrected chi connectivity index (χ3v) is 2.87. The van der Waals surface area contributed by atoms with Crippen LogP contribution in [0.1, 0.15) is 12.8 Å². The van der Waals surface area contributed by atoms with Gasteiger partial charge in [-0.15, -0.1) is 0 Å². The first-order chi connectivity index (χ1) is 9.52. The molecule has 1 fully saturated rings. The molecule has 1 saturated carbocycles. The number of nitrogens with zero attached hydrogens (tertiary/aromatic N) is 3. The zero-order chi connectivity index (χ0) is 14.7. The summed E-state index contributed by atoms with van der Waals surface area (Å²) in [5.41, 5.74) is -0.214. The highest BCUT2D eigenvalue weighted by molar-refractivity contribution is 6.10. The number of nitriles is 1. The first-order valence-electron chi connectivity index (χ1n) is 5.87. The molecule has 0 radical (unpaired) electrons. The number of hydrogen-bond donors (Lipinski definition) is 1. The fourth-order valence-corrected chi connectivity index (χ4v) is 1.62. The molecule has 1 aromatic rings. The van der Waals surface area contributed by atoms with Crippen LogP contribution in [0.3, 0.4) is 0 Å². The number of anilines is 1. The number of hydrogen-bond acceptors (Lipinski definition) is 6. The van der Waals surface area contributed by atoms with E-state index in [4.69, 9.17) is 5.26 Å². The first kappa shape index (κ1) is 13.6. The van der Waals surface area contributed by atoms with Crippen molar-refractivity contribution < 1.29 is 14.5 Å². The van der Waals surface area contributed by atoms with E-state index in [-0.39, 0.29) is 23.2 Å². The number of carbonyl (C=O) groups excluding carboxylic acids is 2. The van der Waals surface area contributed by atoms with Crippen LogP contribution >= 0.6 is 0 Å². The molecule has 20 heavy (non-hydrogen) atoms. The second kappa shape index (κ2) is 5.44. The smallest absolute Gasteiger partial charge is 0.287 e. The number of ketones is 1. The SMILES string of the molecule is N#CC(C(=O)Nc1ccc([N+](=O)[O-])cn1)C(=O)C1CC1. The first-order valence-corrected chi connectivity index (χ1v) is 5.87. The number of aromatic nitrogens is 1. The van der Waals surface area contributed by atoms with Crippen molar-refractivity contribution in [2.45, 2.75) is 12.8 Å². The van der Waals surface area contributed by atoms with Gasteiger partial charge in [0.15, 0.2) is 11.7 Å². The molecule has 1 amide bonds. The van der Waals surface area contributed by atoms with E-state index < -0.39 is 16.7 Å². The molecular weight excluding hydrogens is 264 g/mol. The topological polar surface area (TPSA) is 126 Å². The van der Waals surface area contributed by atoms with Crippen molar-refractivity contribution in [2.75, 3.05) is 5.32 Å². The Hall–Kier alpha value is -2.82. The Balaban J connectivity index is 2.04. The number of Topliss-reactive ketones (excluding diaryl/α,β-unsaturated/α-hetero) is 1. The van der Waals surface area contributed by atoms with Gasteiger partial charge in [-0.05, 0) is 18.9 Å². The number of nitro groups is 1. The molecule has 0 aromatic carbocycles. The lowest BCUT2D eigenvalue weighted by Crippen LogP contribution is -2.29. The van der Waals surface area contributed by atoms with Crippen LogP contribution in [0.2, 0.25) is 0 Å². The van der Waals surface area contributed by atoms with Crippen molar-refractivity contribution in [3.63, 3.8) is 0 Å². The number of carbonyl (C=O) groups is 2. The van der Waals surface area contributed by atoms with Crippen molar-refractivity contribution in [3.8, 4) is 6.07 Å². The molecule has 8 nitrogen and oxygen atoms in total. The van der Waals surface area contributed by atoms with Gasteiger partial charge >= 0.3 is 0 Å². The van der Waals surface area contributed by atoms with E-state index in [1.165, 1.54) is 12.1 Å². The van der Waals surface area contributed by atoms with E-state index in [0.29, 0.717) is 12.8 Å². The molecule has 0 bridgehead atoms. The summed E-state index contributed by atoms with van der Waals surface area (Å²) in [5.74, 6) is -2.64. The predicted molar refractivity (Wildman–Crippen MR) is 66.4 cm³/mol. The molecule has 1 unspecified atom stereocenters. The van der Waals surface area contributed by atoms with Crippen LogP contribution in [0.4, 0.5) is 11.5 Å². The molecule has 1 aromatic heterocycles. The van der Waals surface area contributed by atoms with E-state index in [1.807, 2.05) is 0 Å². The Morgan fingerprint density at radius 2 is 2.20 bits per heavy atom. The molecule has 1 aliphatic rings. The zero-order valence-corrected chi connectivity index (χ0v) is 10.3. The van der Waals surface area contributed by atoms with Gasteiger partial charge in [0.05, 0.1) is 11.0 Å². The lowest BCUT2D eigenvalue weighted by molar-refractivity contribution is -0.385. The third kappa shape index (κ3) is 2.95. The summed E-state index contributed by atoms with van der Waals surface area (Å²) >= 11 is 0. The van der Waals surface area contributed by atoms with Crippen LogP contribution < -0.4 is 5.32 Å². The number of pyridine rings is 1. The molecular formula is C12H10N4O4. The van der Waals surface area contributed by atoms with Gasteiger partial charge in [-0.1, -0.05) is 0 Å². The number of rotatable bonds is 5. The van der Waals surface area contributed by atoms with Gasteiger partial charge < -0.3 is 5.32 Å². The zero-order valence-electron chi connectivity index (χ0n) is 10.3. The number of nitrogens with one attached hydrogen (secondary N) is 1. The average Bonchev–Trinajstić information content (AvgIpc) is 3.24. The van der Waals surface area contributed by atoms with Crippen LogP contribution in [-0.4, -0.2) is 21.6 Å². The van der Waals surface area contributed by atoms with Crippen molar-refractivity contribution in [1.82, 2.24) is 4.98 Å². The summed E-state index contributed by atoms with van der Waals surface area (Å²) < 4.78 is 0. The van der Waals surface area contributed by atoms with Crippen molar-refractivity contribution >= 4 is 23.2 Å². The summed E-state index contributed by atoms with van der Waals surface area (Å²) in [6.07, 6.45) is 2.40. The summed E-state index contributed by atoms with van der Waals surface area (Å²) in [4.78, 5) is 37.0. The Morgan fingerprint density at radius 1 is 1.50 bits per heavy atom. The summed E-state index contributed by atoms with van der Waals surface area (Å²) in [5, 5.41) is 21.7. The van der Waals surface area contributed by atoms with E-state index >= 15 is 0 Å². The van der Waals surface area contributed by atoms with Crippen LogP contribution in [0.5, 0.6) is 0 Å². The Bertz CT molecular complexity index is 601. The van der Waals surface area contributed by atoms with Gasteiger partial charge in [0.2, 0.25) is 0 Å². The Labute approximate surface area is 113 Å². The molecule has 0 spiro atoms. The summed E-state index contributed by atoms with van der Waals surface area (Å²) in [6.45, 7) is 0. The normalized spacial score (nSPS) is 14.9. The molecule has 1 atom stereocenters. The Kier molecular flexibility index (Phi) is 3.70. The minimum atomic E-state index is -1.36. The summed E-state index contributed by atoms with van der Waals surface area (Å²) in [7, 11) is 0. The second-order valence-corrected chi connectivity index (χ2v) is 4.39. The highest BCUT2D eigenvalue weighted by Crippen LogP contribution is 2.32. The molecule has 1 heterocycles. The van der Waals surface area contributed by atoms with Crippen LogP contribution in [0.25, 0.3) is 0 Å². The molecule has 1 N–H and O–H groups in total. The fraction of sp³-hybridized carbons (Fsp3) is 0.333. The van der Waals surface area contributed by atoms with Gasteiger partial charge in [0, 0.05) is 12.0 Å². The van der Waals surface area contributed by atoms with Gasteiger partial charge in [0.1, 0.15) is 12.0 Å². The molecule has 1 aliphatic carbocycles. The van der Waals surface area contributed by atoms with Gasteiger partial charge in [-0.3, -0.25) is 19.7 Å². The quantitative estimate of drug-likeness (QED) is 0.485. The van der Waals surface area contributed by atoms with Gasteiger partial charge in [0.25, 0.3) is 11.6 Å². The fourth-order valence-electron chi connectivity index (χ4n) is 1.62. The standard InChI is InChI=1S/C12H10N4O4/c13-5-9(11(17)7-1-2-7)12(18)15-10-4-3-8(6-14-10)16(19)20/h3-4,6-7,9H,1-2H2,(H,14,15,18). The minimum absolute atomic E-state index is 0.0597. The lowest BCUT2D eigenvalue weighted by Gasteiger charge is -2.08. The maximum absolute atomic E-state index is 11.8. The maximum Gasteiger partial charge on any atom is 0.287 e. The minimum Gasteiger partial charge on any atom is -0.309 e. The average molecular weight is 274 g/mol. The predicted octanol–water partition coefficient (Wildman–Crippen LogP) is 1.05. The Morgan fingerprint density at radius 3 is 2.65 bits per heavy atom. The van der Waals surface area contributed by atoms with Crippen molar-refractivity contribution in [2.24, 2.45) is 11.8 Å².